The summed E-state index contributed by atoms with van der Waals surface area (Å²) in [5.74, 6) is 2.58. The van der Waals surface area contributed by atoms with Crippen molar-refractivity contribution >= 4 is 12.2 Å². The minimum atomic E-state index is 0.554. The van der Waals surface area contributed by atoms with Crippen molar-refractivity contribution in [1.29, 1.82) is 0 Å². The van der Waals surface area contributed by atoms with Crippen LogP contribution in [0.2, 0.25) is 0 Å². The number of ether oxygens (including phenoxy) is 1. The summed E-state index contributed by atoms with van der Waals surface area (Å²) in [6, 6.07) is 20.4. The molecule has 3 aromatic rings. The summed E-state index contributed by atoms with van der Waals surface area (Å²) in [5, 5.41) is 4.87. The fourth-order valence-electron chi connectivity index (χ4n) is 3.24. The van der Waals surface area contributed by atoms with Crippen molar-refractivity contribution in [3.63, 3.8) is 0 Å². The molecule has 2 aromatic carbocycles. The predicted molar refractivity (Wildman–Crippen MR) is 113 cm³/mol. The molecule has 6 heteroatoms. The molecule has 1 aliphatic rings. The summed E-state index contributed by atoms with van der Waals surface area (Å²) in [7, 11) is 2.07. The van der Waals surface area contributed by atoms with E-state index in [-0.39, 0.29) is 0 Å². The monoisotopic (exact) mass is 394 g/mol. The van der Waals surface area contributed by atoms with Gasteiger partial charge in [-0.3, -0.25) is 9.47 Å². The molecular weight excluding hydrogens is 368 g/mol. The second-order valence-electron chi connectivity index (χ2n) is 7.37. The zero-order chi connectivity index (χ0) is 19.3. The Balaban J connectivity index is 1.41. The maximum atomic E-state index is 5.80. The first-order valence-corrected chi connectivity index (χ1v) is 10.2. The summed E-state index contributed by atoms with van der Waals surface area (Å²) >= 11 is 5.77. The lowest BCUT2D eigenvalue weighted by atomic mass is 10.2. The van der Waals surface area contributed by atoms with E-state index in [4.69, 9.17) is 22.1 Å². The number of aromatic nitrogens is 3. The van der Waals surface area contributed by atoms with Crippen LogP contribution in [-0.2, 0) is 13.2 Å². The Morgan fingerprint density at radius 1 is 1.07 bits per heavy atom. The van der Waals surface area contributed by atoms with E-state index in [1.54, 1.807) is 0 Å². The predicted octanol–water partition coefficient (Wildman–Crippen LogP) is 4.31. The van der Waals surface area contributed by atoms with Gasteiger partial charge in [-0.15, -0.1) is 0 Å². The van der Waals surface area contributed by atoms with Crippen LogP contribution in [0.5, 0.6) is 5.75 Å². The number of para-hydroxylation sites is 1. The van der Waals surface area contributed by atoms with Crippen LogP contribution < -0.4 is 4.74 Å². The number of rotatable bonds is 9. The van der Waals surface area contributed by atoms with Crippen molar-refractivity contribution in [1.82, 2.24) is 19.2 Å². The van der Waals surface area contributed by atoms with Crippen LogP contribution >= 0.6 is 12.2 Å². The van der Waals surface area contributed by atoms with Gasteiger partial charge in [0.15, 0.2) is 4.77 Å². The van der Waals surface area contributed by atoms with Crippen LogP contribution in [0.25, 0.3) is 0 Å². The van der Waals surface area contributed by atoms with Crippen LogP contribution in [0, 0.1) is 4.77 Å². The van der Waals surface area contributed by atoms with Crippen LogP contribution in [0.3, 0.4) is 0 Å². The number of nitrogens with zero attached hydrogens (tertiary/aromatic N) is 4. The molecule has 0 spiro atoms. The molecule has 0 radical (unpaired) electrons. The molecule has 1 aliphatic carbocycles. The summed E-state index contributed by atoms with van der Waals surface area (Å²) in [6.07, 6.45) is 2.42. The molecule has 0 unspecified atom stereocenters. The third kappa shape index (κ3) is 4.69. The number of hydrogen-bond acceptors (Lipinski definition) is 4. The fraction of sp³-hybridized carbons (Fsp3) is 0.364. The lowest BCUT2D eigenvalue weighted by molar-refractivity contribution is 0.197. The Kier molecular flexibility index (Phi) is 5.88. The van der Waals surface area contributed by atoms with E-state index < -0.39 is 0 Å². The highest BCUT2D eigenvalue weighted by molar-refractivity contribution is 7.71. The van der Waals surface area contributed by atoms with E-state index in [1.807, 2.05) is 41.1 Å². The first-order valence-electron chi connectivity index (χ1n) is 9.78. The van der Waals surface area contributed by atoms with Crippen molar-refractivity contribution in [2.45, 2.75) is 32.0 Å². The van der Waals surface area contributed by atoms with Gasteiger partial charge in [0.25, 0.3) is 0 Å². The third-order valence-corrected chi connectivity index (χ3v) is 5.37. The van der Waals surface area contributed by atoms with E-state index in [9.17, 15) is 0 Å². The highest BCUT2D eigenvalue weighted by Gasteiger charge is 2.30. The number of likely N-dealkylation sites (N-methyl/N-ethyl adjacent to an activating group) is 1. The quantitative estimate of drug-likeness (QED) is 0.507. The molecule has 0 amide bonds. The summed E-state index contributed by atoms with van der Waals surface area (Å²) in [4.78, 5) is 2.19. The van der Waals surface area contributed by atoms with Gasteiger partial charge in [-0.05, 0) is 49.8 Å². The minimum absolute atomic E-state index is 0.554. The maximum absolute atomic E-state index is 5.80. The molecule has 1 saturated carbocycles. The van der Waals surface area contributed by atoms with E-state index in [0.29, 0.717) is 19.2 Å². The van der Waals surface area contributed by atoms with E-state index in [0.717, 1.165) is 29.4 Å². The molecule has 0 N–H and O–H groups in total. The van der Waals surface area contributed by atoms with Crippen molar-refractivity contribution in [2.24, 2.45) is 0 Å². The number of hydrogen-bond donors (Lipinski definition) is 0. The van der Waals surface area contributed by atoms with Gasteiger partial charge >= 0.3 is 0 Å². The second kappa shape index (κ2) is 8.71. The molecule has 1 fully saturated rings. The highest BCUT2D eigenvalue weighted by Crippen LogP contribution is 2.39. The SMILES string of the molecule is CN(CCOc1ccccc1)Cn1nc(C2CC2)n(Cc2ccccc2)c1=S. The lowest BCUT2D eigenvalue weighted by Crippen LogP contribution is -2.27. The van der Waals surface area contributed by atoms with E-state index >= 15 is 0 Å². The fourth-order valence-corrected chi connectivity index (χ4v) is 3.50. The Hall–Kier alpha value is -2.44. The van der Waals surface area contributed by atoms with Crippen molar-refractivity contribution in [2.75, 3.05) is 20.2 Å². The second-order valence-corrected chi connectivity index (χ2v) is 7.73. The molecule has 146 valence electrons. The largest absolute Gasteiger partial charge is 0.492 e. The van der Waals surface area contributed by atoms with Crippen LogP contribution in [0.1, 0.15) is 30.1 Å². The average molecular weight is 395 g/mol. The van der Waals surface area contributed by atoms with Gasteiger partial charge < -0.3 is 4.74 Å². The molecule has 0 aliphatic heterocycles. The van der Waals surface area contributed by atoms with Gasteiger partial charge in [0.05, 0.1) is 13.2 Å². The third-order valence-electron chi connectivity index (χ3n) is 4.94. The molecule has 0 atom stereocenters. The molecule has 1 heterocycles. The highest BCUT2D eigenvalue weighted by atomic mass is 32.1. The normalized spacial score (nSPS) is 13.8. The maximum Gasteiger partial charge on any atom is 0.199 e. The topological polar surface area (TPSA) is 35.2 Å². The molecule has 0 saturated heterocycles. The first kappa shape index (κ1) is 18.9. The molecule has 28 heavy (non-hydrogen) atoms. The summed E-state index contributed by atoms with van der Waals surface area (Å²) < 4.78 is 10.7. The van der Waals surface area contributed by atoms with Gasteiger partial charge in [0, 0.05) is 12.5 Å². The Morgan fingerprint density at radius 2 is 1.75 bits per heavy atom. The number of benzene rings is 2. The summed E-state index contributed by atoms with van der Waals surface area (Å²) in [5.41, 5.74) is 1.25. The molecule has 1 aromatic heterocycles. The summed E-state index contributed by atoms with van der Waals surface area (Å²) in [6.45, 7) is 2.89. The average Bonchev–Trinajstić information content (AvgIpc) is 3.52. The van der Waals surface area contributed by atoms with Gasteiger partial charge in [-0.1, -0.05) is 48.5 Å². The zero-order valence-electron chi connectivity index (χ0n) is 16.2. The lowest BCUT2D eigenvalue weighted by Gasteiger charge is -2.16. The molecule has 0 bridgehead atoms. The van der Waals surface area contributed by atoms with Crippen molar-refractivity contribution in [3.05, 3.63) is 76.8 Å². The van der Waals surface area contributed by atoms with E-state index in [1.165, 1.54) is 18.4 Å². The molecule has 5 nitrogen and oxygen atoms in total. The van der Waals surface area contributed by atoms with Crippen LogP contribution in [0.4, 0.5) is 0 Å². The van der Waals surface area contributed by atoms with Crippen molar-refractivity contribution in [3.8, 4) is 5.75 Å². The standard InChI is InChI=1S/C22H26N4OS/c1-24(14-15-27-20-10-6-3-7-11-20)17-26-22(28)25(21(23-26)19-12-13-19)16-18-8-4-2-5-9-18/h2-11,19H,12-17H2,1H3. The van der Waals surface area contributed by atoms with Gasteiger partial charge in [0.2, 0.25) is 0 Å². The molecule has 4 rings (SSSR count). The Morgan fingerprint density at radius 3 is 2.43 bits per heavy atom. The van der Waals surface area contributed by atoms with E-state index in [2.05, 4.69) is 40.8 Å². The Bertz CT molecular complexity index is 948. The smallest absolute Gasteiger partial charge is 0.199 e. The van der Waals surface area contributed by atoms with Gasteiger partial charge in [0.1, 0.15) is 18.2 Å². The zero-order valence-corrected chi connectivity index (χ0v) is 17.0. The molecular formula is C22H26N4OS. The van der Waals surface area contributed by atoms with Gasteiger partial charge in [-0.25, -0.2) is 4.68 Å². The van der Waals surface area contributed by atoms with Gasteiger partial charge in [-0.2, -0.15) is 5.10 Å². The van der Waals surface area contributed by atoms with Crippen molar-refractivity contribution < 1.29 is 4.74 Å². The Labute approximate surface area is 171 Å². The van der Waals surface area contributed by atoms with Crippen LogP contribution in [-0.4, -0.2) is 39.4 Å². The first-order chi connectivity index (χ1) is 13.7. The van der Waals surface area contributed by atoms with Crippen LogP contribution in [0.15, 0.2) is 60.7 Å². The minimum Gasteiger partial charge on any atom is -0.492 e.